The van der Waals surface area contributed by atoms with E-state index >= 15 is 0 Å². The molecule has 52 heavy (non-hydrogen) atoms. The molecule has 3 aromatic heterocycles. The molecule has 0 unspecified atom stereocenters. The largest absolute Gasteiger partial charge is 0.436 e. The van der Waals surface area contributed by atoms with Crippen LogP contribution in [0.25, 0.3) is 94.9 Å². The van der Waals surface area contributed by atoms with Crippen LogP contribution in [0.15, 0.2) is 160 Å². The van der Waals surface area contributed by atoms with E-state index in [1.165, 1.54) is 21.9 Å². The zero-order valence-corrected chi connectivity index (χ0v) is 28.0. The molecule has 0 spiro atoms. The highest BCUT2D eigenvalue weighted by atomic mass is 16.4. The number of benzene rings is 7. The molecule has 1 aliphatic rings. The number of nitrogens with zero attached hydrogens (tertiary/aromatic N) is 3. The van der Waals surface area contributed by atoms with Crippen molar-refractivity contribution >= 4 is 44.0 Å². The van der Waals surface area contributed by atoms with Gasteiger partial charge in [0.2, 0.25) is 11.8 Å². The lowest BCUT2D eigenvalue weighted by Crippen LogP contribution is -2.15. The van der Waals surface area contributed by atoms with Gasteiger partial charge >= 0.3 is 0 Å². The SMILES string of the molecule is [2H]c1c([2H])c([2H])c2oc(-c3cc(-c4ccc5c(c4)C(C)(C)c4ccc6c(c4-5)c4ccccc4n6-c4ccccc4)cc(-c4nc5c([2H])c([2H])c([2H])c([2H])c5o4)c3)nc2c1[2H]. The monoisotopic (exact) mass is 677 g/mol. The van der Waals surface area contributed by atoms with Crippen LogP contribution in [0.4, 0.5) is 0 Å². The molecule has 5 heteroatoms. The fourth-order valence-electron chi connectivity index (χ4n) is 7.94. The van der Waals surface area contributed by atoms with Crippen LogP contribution in [0.2, 0.25) is 0 Å². The third kappa shape index (κ3) is 4.17. The van der Waals surface area contributed by atoms with Gasteiger partial charge < -0.3 is 13.4 Å². The van der Waals surface area contributed by atoms with Crippen LogP contribution in [0, 0.1) is 0 Å². The Kier molecular flexibility index (Phi) is 4.54. The molecule has 5 nitrogen and oxygen atoms in total. The Bertz CT molecular complexity index is 3310. The summed E-state index contributed by atoms with van der Waals surface area (Å²) in [6.07, 6.45) is 0. The van der Waals surface area contributed by atoms with Gasteiger partial charge in [-0.15, -0.1) is 0 Å². The average Bonchev–Trinajstić information content (AvgIpc) is 4.05. The number of para-hydroxylation sites is 6. The Hall–Kier alpha value is -6.72. The van der Waals surface area contributed by atoms with Crippen LogP contribution in [0.3, 0.4) is 0 Å². The van der Waals surface area contributed by atoms with E-state index in [0.29, 0.717) is 16.7 Å². The molecule has 0 radical (unpaired) electrons. The highest BCUT2D eigenvalue weighted by Crippen LogP contribution is 2.54. The first-order valence-corrected chi connectivity index (χ1v) is 17.0. The van der Waals surface area contributed by atoms with Gasteiger partial charge in [0, 0.05) is 33.0 Å². The summed E-state index contributed by atoms with van der Waals surface area (Å²) in [5, 5.41) is 2.35. The molecule has 0 atom stereocenters. The van der Waals surface area contributed by atoms with Crippen LogP contribution in [0.1, 0.15) is 35.9 Å². The van der Waals surface area contributed by atoms with Gasteiger partial charge in [-0.2, -0.15) is 0 Å². The molecule has 1 aliphatic carbocycles. The van der Waals surface area contributed by atoms with Gasteiger partial charge in [-0.1, -0.05) is 92.6 Å². The first-order valence-electron chi connectivity index (χ1n) is 21.0. The number of aromatic nitrogens is 3. The van der Waals surface area contributed by atoms with Crippen molar-refractivity contribution in [1.29, 1.82) is 0 Å². The van der Waals surface area contributed by atoms with E-state index < -0.39 is 24.2 Å². The molecule has 0 fully saturated rings. The van der Waals surface area contributed by atoms with Crippen molar-refractivity contribution in [2.24, 2.45) is 0 Å². The number of hydrogen-bond acceptors (Lipinski definition) is 4. The summed E-state index contributed by atoms with van der Waals surface area (Å²) < 4.78 is 81.2. The minimum absolute atomic E-state index is 0.00885. The molecule has 7 aromatic carbocycles. The van der Waals surface area contributed by atoms with Crippen LogP contribution < -0.4 is 0 Å². The number of rotatable bonds is 4. The predicted molar refractivity (Wildman–Crippen MR) is 210 cm³/mol. The van der Waals surface area contributed by atoms with Crippen LogP contribution in [0.5, 0.6) is 0 Å². The minimum atomic E-state index is -0.431. The highest BCUT2D eigenvalue weighted by Gasteiger charge is 2.38. The molecular weight excluding hydrogens is 639 g/mol. The summed E-state index contributed by atoms with van der Waals surface area (Å²) in [4.78, 5) is 9.11. The fraction of sp³-hybridized carbons (Fsp3) is 0.0638. The van der Waals surface area contributed by atoms with E-state index in [9.17, 15) is 0 Å². The molecular formula is C47H31N3O2. The van der Waals surface area contributed by atoms with E-state index in [-0.39, 0.29) is 63.6 Å². The zero-order valence-electron chi connectivity index (χ0n) is 36.0. The summed E-state index contributed by atoms with van der Waals surface area (Å²) in [5.74, 6) is 0.0955. The Morgan fingerprint density at radius 1 is 0.577 bits per heavy atom. The molecule has 0 bridgehead atoms. The summed E-state index contributed by atoms with van der Waals surface area (Å²) in [6, 6.07) is 32.2. The lowest BCUT2D eigenvalue weighted by atomic mass is 9.81. The molecule has 0 N–H and O–H groups in total. The molecule has 0 saturated heterocycles. The summed E-state index contributed by atoms with van der Waals surface area (Å²) >= 11 is 0. The lowest BCUT2D eigenvalue weighted by Gasteiger charge is -2.22. The van der Waals surface area contributed by atoms with Crippen LogP contribution in [-0.2, 0) is 5.41 Å². The van der Waals surface area contributed by atoms with Crippen molar-refractivity contribution in [2.75, 3.05) is 0 Å². The smallest absolute Gasteiger partial charge is 0.227 e. The molecule has 11 rings (SSSR count). The maximum absolute atomic E-state index is 8.49. The highest BCUT2D eigenvalue weighted by molar-refractivity contribution is 6.18. The average molecular weight is 678 g/mol. The molecule has 246 valence electrons. The van der Waals surface area contributed by atoms with Gasteiger partial charge in [0.15, 0.2) is 11.2 Å². The normalized spacial score (nSPS) is 15.5. The maximum Gasteiger partial charge on any atom is 0.227 e. The van der Waals surface area contributed by atoms with Crippen molar-refractivity contribution in [2.45, 2.75) is 19.3 Å². The van der Waals surface area contributed by atoms with E-state index in [1.807, 2.05) is 18.2 Å². The molecule has 0 aliphatic heterocycles. The van der Waals surface area contributed by atoms with Gasteiger partial charge in [-0.25, -0.2) is 9.97 Å². The topological polar surface area (TPSA) is 57.0 Å². The first-order chi connectivity index (χ1) is 28.8. The molecule has 10 aromatic rings. The van der Waals surface area contributed by atoms with Crippen molar-refractivity contribution < 1.29 is 19.8 Å². The summed E-state index contributed by atoms with van der Waals surface area (Å²) in [7, 11) is 0. The minimum Gasteiger partial charge on any atom is -0.436 e. The van der Waals surface area contributed by atoms with Crippen molar-refractivity contribution in [3.05, 3.63) is 163 Å². The van der Waals surface area contributed by atoms with Gasteiger partial charge in [0.25, 0.3) is 0 Å². The maximum atomic E-state index is 8.49. The third-order valence-electron chi connectivity index (χ3n) is 10.3. The second kappa shape index (κ2) is 10.6. The van der Waals surface area contributed by atoms with E-state index in [2.05, 4.69) is 107 Å². The quantitative estimate of drug-likeness (QED) is 0.186. The van der Waals surface area contributed by atoms with E-state index in [0.717, 1.165) is 33.4 Å². The summed E-state index contributed by atoms with van der Waals surface area (Å²) in [5.41, 5.74) is 9.84. The Morgan fingerprint density at radius 2 is 1.21 bits per heavy atom. The Labute approximate surface area is 310 Å². The van der Waals surface area contributed by atoms with Crippen molar-refractivity contribution in [3.63, 3.8) is 0 Å². The van der Waals surface area contributed by atoms with Gasteiger partial charge in [-0.3, -0.25) is 0 Å². The molecule has 0 saturated carbocycles. The second-order valence-corrected chi connectivity index (χ2v) is 13.6. The van der Waals surface area contributed by atoms with E-state index in [1.54, 1.807) is 6.07 Å². The standard InChI is InChI=1S/C47H31N3O2/c1-47(2)35-22-23-40-44(34-14-6-9-17-39(34)50(40)32-12-4-3-5-13-32)43(35)33-21-20-28(27-36(33)47)29-24-30(45-48-37-15-7-10-18-41(37)51-45)26-31(25-29)46-49-38-16-8-11-19-42(38)52-46/h3-27H,1-2H3/i7D,8D,10D,11D,15D,16D,18D,19D. The zero-order chi connectivity index (χ0) is 41.5. The Balaban J connectivity index is 1.13. The van der Waals surface area contributed by atoms with Crippen molar-refractivity contribution in [3.8, 4) is 50.8 Å². The van der Waals surface area contributed by atoms with Crippen LogP contribution in [-0.4, -0.2) is 14.5 Å². The lowest BCUT2D eigenvalue weighted by molar-refractivity contribution is 0.617. The molecule has 3 heterocycles. The predicted octanol–water partition coefficient (Wildman–Crippen LogP) is 12.4. The third-order valence-corrected chi connectivity index (χ3v) is 10.3. The fourth-order valence-corrected chi connectivity index (χ4v) is 7.94. The van der Waals surface area contributed by atoms with Gasteiger partial charge in [0.1, 0.15) is 11.0 Å². The van der Waals surface area contributed by atoms with E-state index in [4.69, 9.17) is 19.8 Å². The Morgan fingerprint density at radius 3 is 1.92 bits per heavy atom. The number of fused-ring (bicyclic) bond motifs is 9. The summed E-state index contributed by atoms with van der Waals surface area (Å²) in [6.45, 7) is 4.47. The van der Waals surface area contributed by atoms with Gasteiger partial charge in [0.05, 0.1) is 22.0 Å². The molecule has 0 amide bonds. The van der Waals surface area contributed by atoms with Gasteiger partial charge in [-0.05, 0) is 106 Å². The second-order valence-electron chi connectivity index (χ2n) is 13.6. The van der Waals surface area contributed by atoms with Crippen LogP contribution >= 0.6 is 0 Å². The number of oxazole rings is 2. The first kappa shape index (κ1) is 22.2. The number of hydrogen-bond donors (Lipinski definition) is 0. The van der Waals surface area contributed by atoms with Crippen molar-refractivity contribution in [1.82, 2.24) is 14.5 Å².